The molecule has 1 N–H and O–H groups in total. The fourth-order valence-electron chi connectivity index (χ4n) is 7.91. The second kappa shape index (κ2) is 10.3. The molecule has 0 amide bonds. The van der Waals surface area contributed by atoms with Gasteiger partial charge in [0.25, 0.3) is 0 Å². The van der Waals surface area contributed by atoms with Gasteiger partial charge >= 0.3 is 6.01 Å². The van der Waals surface area contributed by atoms with Crippen LogP contribution in [-0.4, -0.2) is 78.5 Å². The average molecular weight is 636 g/mol. The molecule has 9 heteroatoms. The van der Waals surface area contributed by atoms with Crippen LogP contribution in [-0.2, 0) is 13.0 Å². The molecule has 222 valence electrons. The van der Waals surface area contributed by atoms with Crippen molar-refractivity contribution in [2.75, 3.05) is 55.7 Å². The molecule has 5 aliphatic rings. The summed E-state index contributed by atoms with van der Waals surface area (Å²) in [7, 11) is 0. The molecule has 4 aliphatic heterocycles. The maximum absolute atomic E-state index is 13.8. The smallest absolute Gasteiger partial charge is 0.318 e. The van der Waals surface area contributed by atoms with Gasteiger partial charge in [-0.15, -0.1) is 0 Å². The van der Waals surface area contributed by atoms with E-state index in [9.17, 15) is 4.39 Å². The zero-order valence-electron chi connectivity index (χ0n) is 24.4. The number of aromatic nitrogens is 2. The summed E-state index contributed by atoms with van der Waals surface area (Å²) in [5.41, 5.74) is 3.81. The number of likely N-dealkylation sites (tertiary alicyclic amines) is 1. The summed E-state index contributed by atoms with van der Waals surface area (Å²) in [5, 5.41) is 6.32. The number of anilines is 2. The molecule has 7 nitrogen and oxygen atoms in total. The Morgan fingerprint density at radius 2 is 1.90 bits per heavy atom. The predicted molar refractivity (Wildman–Crippen MR) is 168 cm³/mol. The van der Waals surface area contributed by atoms with Crippen LogP contribution in [0, 0.1) is 5.41 Å². The Morgan fingerprint density at radius 3 is 2.69 bits per heavy atom. The summed E-state index contributed by atoms with van der Waals surface area (Å²) in [6.45, 7) is 8.85. The average Bonchev–Trinajstić information content (AvgIpc) is 3.54. The molecule has 42 heavy (non-hydrogen) atoms. The third kappa shape index (κ3) is 5.05. The summed E-state index contributed by atoms with van der Waals surface area (Å²) < 4.78 is 21.4. The molecule has 2 aromatic carbocycles. The number of rotatable bonds is 7. The highest BCUT2D eigenvalue weighted by Crippen LogP contribution is 2.47. The first-order valence-electron chi connectivity index (χ1n) is 15.7. The van der Waals surface area contributed by atoms with E-state index in [2.05, 4.69) is 79.3 Å². The molecule has 0 radical (unpaired) electrons. The molecule has 0 spiro atoms. The van der Waals surface area contributed by atoms with Crippen molar-refractivity contribution >= 4 is 38.2 Å². The molecule has 1 aromatic heterocycles. The molecule has 1 aliphatic carbocycles. The lowest BCUT2D eigenvalue weighted by atomic mass is 9.98. The largest absolute Gasteiger partial charge is 0.463 e. The number of alkyl halides is 1. The van der Waals surface area contributed by atoms with E-state index in [4.69, 9.17) is 14.7 Å². The summed E-state index contributed by atoms with van der Waals surface area (Å²) in [6.07, 6.45) is 5.54. The van der Waals surface area contributed by atoms with E-state index in [1.54, 1.807) is 0 Å². The Morgan fingerprint density at radius 1 is 1.05 bits per heavy atom. The quantitative estimate of drug-likeness (QED) is 0.369. The van der Waals surface area contributed by atoms with Gasteiger partial charge in [0.15, 0.2) is 0 Å². The van der Waals surface area contributed by atoms with Gasteiger partial charge in [-0.1, -0.05) is 40.2 Å². The van der Waals surface area contributed by atoms with Gasteiger partial charge in [0.2, 0.25) is 0 Å². The van der Waals surface area contributed by atoms with Crippen molar-refractivity contribution in [2.45, 2.75) is 69.7 Å². The zero-order chi connectivity index (χ0) is 28.5. The van der Waals surface area contributed by atoms with Gasteiger partial charge in [-0.2, -0.15) is 9.97 Å². The first kappa shape index (κ1) is 27.1. The number of ether oxygens (including phenoxy) is 1. The first-order valence-corrected chi connectivity index (χ1v) is 16.5. The minimum absolute atomic E-state index is 0.104. The molecule has 8 rings (SSSR count). The monoisotopic (exact) mass is 634 g/mol. The van der Waals surface area contributed by atoms with Crippen LogP contribution < -0.4 is 19.9 Å². The molecule has 3 atom stereocenters. The Hall–Kier alpha value is -2.49. The Kier molecular flexibility index (Phi) is 6.65. The third-order valence-corrected chi connectivity index (χ3v) is 11.0. The van der Waals surface area contributed by atoms with Crippen molar-refractivity contribution in [3.05, 3.63) is 52.1 Å². The standard InChI is InChI=1S/C33H40BrFN6O/c1-32-11-8-24(38-32)17-41(19-32)30-25-10-15-40(28-7-3-5-22-4-2-6-26(34)29(22)28)18-27(25)36-31(37-30)42-21-33(12-13-33)20-39-14-9-23(35)16-39/h2-7,23-24,38H,8-21H2,1H3/t23-,24-,32+/m1/s1. The Labute approximate surface area is 255 Å². The van der Waals surface area contributed by atoms with Crippen molar-refractivity contribution in [1.82, 2.24) is 20.2 Å². The number of piperazine rings is 1. The minimum atomic E-state index is -0.685. The maximum Gasteiger partial charge on any atom is 0.318 e. The van der Waals surface area contributed by atoms with E-state index in [1.807, 2.05) is 0 Å². The van der Waals surface area contributed by atoms with Crippen molar-refractivity contribution in [2.24, 2.45) is 5.41 Å². The van der Waals surface area contributed by atoms with Crippen LogP contribution in [0.15, 0.2) is 40.9 Å². The maximum atomic E-state index is 13.8. The summed E-state index contributed by atoms with van der Waals surface area (Å²) >= 11 is 3.81. The van der Waals surface area contributed by atoms with Gasteiger partial charge in [0.1, 0.15) is 12.0 Å². The Balaban J connectivity index is 1.10. The molecule has 4 fully saturated rings. The molecular weight excluding hydrogens is 595 g/mol. The molecule has 5 heterocycles. The van der Waals surface area contributed by atoms with Gasteiger partial charge in [0.05, 0.1) is 18.8 Å². The summed E-state index contributed by atoms with van der Waals surface area (Å²) in [5.74, 6) is 1.07. The van der Waals surface area contributed by atoms with Gasteiger partial charge in [-0.3, -0.25) is 4.90 Å². The molecule has 0 unspecified atom stereocenters. The first-order chi connectivity index (χ1) is 20.4. The number of halogens is 2. The number of nitrogens with one attached hydrogen (secondary N) is 1. The molecule has 2 bridgehead atoms. The van der Waals surface area contributed by atoms with Crippen LogP contribution in [0.5, 0.6) is 6.01 Å². The van der Waals surface area contributed by atoms with Crippen molar-refractivity contribution < 1.29 is 9.13 Å². The topological polar surface area (TPSA) is 56.8 Å². The summed E-state index contributed by atoms with van der Waals surface area (Å²) in [4.78, 5) is 17.5. The lowest BCUT2D eigenvalue weighted by Crippen LogP contribution is -2.58. The molecule has 3 saturated heterocycles. The second-order valence-corrected chi connectivity index (χ2v) is 14.6. The normalized spacial score (nSPS) is 28.4. The van der Waals surface area contributed by atoms with E-state index < -0.39 is 6.17 Å². The van der Waals surface area contributed by atoms with Crippen LogP contribution in [0.25, 0.3) is 10.8 Å². The highest BCUT2D eigenvalue weighted by Gasteiger charge is 2.46. The van der Waals surface area contributed by atoms with Gasteiger partial charge in [0, 0.05) is 77.4 Å². The molecular formula is C33H40BrFN6O. The predicted octanol–water partition coefficient (Wildman–Crippen LogP) is 5.49. The number of benzene rings is 2. The van der Waals surface area contributed by atoms with Gasteiger partial charge in [-0.05, 0) is 63.0 Å². The fourth-order valence-corrected chi connectivity index (χ4v) is 8.50. The lowest BCUT2D eigenvalue weighted by Gasteiger charge is -2.41. The summed E-state index contributed by atoms with van der Waals surface area (Å²) in [6, 6.07) is 13.9. The number of hydrogen-bond donors (Lipinski definition) is 1. The highest BCUT2D eigenvalue weighted by atomic mass is 79.9. The van der Waals surface area contributed by atoms with Crippen molar-refractivity contribution in [1.29, 1.82) is 0 Å². The van der Waals surface area contributed by atoms with Crippen molar-refractivity contribution in [3.8, 4) is 6.01 Å². The number of fused-ring (bicyclic) bond motifs is 4. The van der Waals surface area contributed by atoms with Crippen LogP contribution >= 0.6 is 15.9 Å². The van der Waals surface area contributed by atoms with E-state index in [0.717, 1.165) is 74.5 Å². The third-order valence-electron chi connectivity index (χ3n) is 10.3. The highest BCUT2D eigenvalue weighted by molar-refractivity contribution is 9.10. The van der Waals surface area contributed by atoms with E-state index in [-0.39, 0.29) is 11.0 Å². The minimum Gasteiger partial charge on any atom is -0.463 e. The van der Waals surface area contributed by atoms with Gasteiger partial charge in [-0.25, -0.2) is 4.39 Å². The van der Waals surface area contributed by atoms with Crippen LogP contribution in [0.3, 0.4) is 0 Å². The SMILES string of the molecule is C[C@]12CC[C@H](CN(c3nc(OCC4(CN5CC[C@@H](F)C5)CC4)nc4c3CCN(c3cccc5cccc(Br)c35)C4)C1)N2. The molecule has 3 aromatic rings. The van der Waals surface area contributed by atoms with E-state index >= 15 is 0 Å². The van der Waals surface area contributed by atoms with Crippen LogP contribution in [0.2, 0.25) is 0 Å². The van der Waals surface area contributed by atoms with E-state index in [1.165, 1.54) is 34.9 Å². The Bertz CT molecular complexity index is 1510. The number of nitrogens with zero attached hydrogens (tertiary/aromatic N) is 5. The lowest BCUT2D eigenvalue weighted by molar-refractivity contribution is 0.164. The fraction of sp³-hybridized carbons (Fsp3) is 0.576. The second-order valence-electron chi connectivity index (χ2n) is 13.8. The van der Waals surface area contributed by atoms with Crippen LogP contribution in [0.1, 0.15) is 50.3 Å². The molecule has 1 saturated carbocycles. The van der Waals surface area contributed by atoms with E-state index in [0.29, 0.717) is 31.6 Å². The van der Waals surface area contributed by atoms with Gasteiger partial charge < -0.3 is 19.9 Å². The zero-order valence-corrected chi connectivity index (χ0v) is 26.0. The number of hydrogen-bond acceptors (Lipinski definition) is 7. The van der Waals surface area contributed by atoms with Crippen molar-refractivity contribution in [3.63, 3.8) is 0 Å². The van der Waals surface area contributed by atoms with Crippen LogP contribution in [0.4, 0.5) is 15.9 Å².